The summed E-state index contributed by atoms with van der Waals surface area (Å²) in [5, 5.41) is 0.468. The van der Waals surface area contributed by atoms with Gasteiger partial charge in [-0.1, -0.05) is 29.8 Å². The number of fused-ring (bicyclic) bond motifs is 1. The number of hydrogen-bond donors (Lipinski definition) is 0. The molecule has 0 aromatic heterocycles. The maximum absolute atomic E-state index is 12.2. The van der Waals surface area contributed by atoms with E-state index >= 15 is 0 Å². The van der Waals surface area contributed by atoms with Gasteiger partial charge in [-0.2, -0.15) is 0 Å². The van der Waals surface area contributed by atoms with Crippen molar-refractivity contribution in [2.75, 3.05) is 20.3 Å². The van der Waals surface area contributed by atoms with Gasteiger partial charge in [0.2, 0.25) is 0 Å². The van der Waals surface area contributed by atoms with E-state index in [1.807, 2.05) is 0 Å². The van der Waals surface area contributed by atoms with Crippen LogP contribution in [0.15, 0.2) is 42.5 Å². The Balaban J connectivity index is 1.82. The first-order valence-corrected chi connectivity index (χ1v) is 7.51. The highest BCUT2D eigenvalue weighted by Gasteiger charge is 2.16. The van der Waals surface area contributed by atoms with Crippen molar-refractivity contribution in [2.24, 2.45) is 0 Å². The molecule has 5 heteroatoms. The first kappa shape index (κ1) is 15.4. The lowest BCUT2D eigenvalue weighted by molar-refractivity contribution is 0.104. The van der Waals surface area contributed by atoms with Crippen LogP contribution in [0, 0.1) is 0 Å². The zero-order valence-corrected chi connectivity index (χ0v) is 13.3. The lowest BCUT2D eigenvalue weighted by atomic mass is 10.1. The molecule has 0 fully saturated rings. The average Bonchev–Trinajstić information content (AvgIpc) is 2.60. The average molecular weight is 331 g/mol. The van der Waals surface area contributed by atoms with Crippen molar-refractivity contribution in [3.63, 3.8) is 0 Å². The SMILES string of the molecule is COc1cccc(C(=O)/C=C/c2cc(Cl)c3c(c2)OCCO3)c1. The number of carbonyl (C=O) groups excluding carboxylic acids is 1. The van der Waals surface area contributed by atoms with Gasteiger partial charge in [-0.15, -0.1) is 0 Å². The Labute approximate surface area is 139 Å². The lowest BCUT2D eigenvalue weighted by Crippen LogP contribution is -2.15. The van der Waals surface area contributed by atoms with E-state index < -0.39 is 0 Å². The van der Waals surface area contributed by atoms with E-state index in [4.69, 9.17) is 25.8 Å². The highest BCUT2D eigenvalue weighted by Crippen LogP contribution is 2.38. The van der Waals surface area contributed by atoms with Gasteiger partial charge in [0.25, 0.3) is 0 Å². The number of hydrogen-bond acceptors (Lipinski definition) is 4. The van der Waals surface area contributed by atoms with Gasteiger partial charge in [-0.25, -0.2) is 0 Å². The Hall–Kier alpha value is -2.46. The van der Waals surface area contributed by atoms with Crippen LogP contribution in [0.4, 0.5) is 0 Å². The van der Waals surface area contributed by atoms with Crippen molar-refractivity contribution in [3.8, 4) is 17.2 Å². The van der Waals surface area contributed by atoms with Gasteiger partial charge >= 0.3 is 0 Å². The van der Waals surface area contributed by atoms with Crippen LogP contribution in [-0.2, 0) is 0 Å². The molecule has 0 spiro atoms. The Bertz CT molecular complexity index is 768. The molecule has 2 aromatic rings. The Kier molecular flexibility index (Phi) is 4.53. The number of carbonyl (C=O) groups is 1. The minimum atomic E-state index is -0.116. The fourth-order valence-corrected chi connectivity index (χ4v) is 2.55. The molecule has 0 unspecified atom stereocenters. The van der Waals surface area contributed by atoms with Crippen LogP contribution >= 0.6 is 11.6 Å². The molecule has 4 nitrogen and oxygen atoms in total. The molecule has 1 heterocycles. The van der Waals surface area contributed by atoms with E-state index in [2.05, 4.69) is 0 Å². The molecule has 23 heavy (non-hydrogen) atoms. The molecule has 0 saturated heterocycles. The van der Waals surface area contributed by atoms with Crippen LogP contribution in [0.5, 0.6) is 17.2 Å². The minimum absolute atomic E-state index is 0.116. The third kappa shape index (κ3) is 3.48. The number of allylic oxidation sites excluding steroid dienone is 1. The molecule has 0 N–H and O–H groups in total. The molecule has 1 aliphatic heterocycles. The second-order valence-electron chi connectivity index (χ2n) is 4.96. The maximum Gasteiger partial charge on any atom is 0.185 e. The molecule has 0 saturated carbocycles. The van der Waals surface area contributed by atoms with Gasteiger partial charge in [-0.3, -0.25) is 4.79 Å². The smallest absolute Gasteiger partial charge is 0.185 e. The molecule has 2 aromatic carbocycles. The lowest BCUT2D eigenvalue weighted by Gasteiger charge is -2.19. The molecule has 1 aliphatic rings. The van der Waals surface area contributed by atoms with Crippen LogP contribution in [0.2, 0.25) is 5.02 Å². The number of halogens is 1. The third-order valence-electron chi connectivity index (χ3n) is 3.40. The standard InChI is InChI=1S/C18H15ClO4/c1-21-14-4-2-3-13(11-14)16(20)6-5-12-9-15(19)18-17(10-12)22-7-8-23-18/h2-6,9-11H,7-8H2,1H3/b6-5+. The molecule has 3 rings (SSSR count). The number of benzene rings is 2. The first-order valence-electron chi connectivity index (χ1n) is 7.13. The maximum atomic E-state index is 12.2. The summed E-state index contributed by atoms with van der Waals surface area (Å²) in [6, 6.07) is 10.6. The van der Waals surface area contributed by atoms with Crippen molar-refractivity contribution < 1.29 is 19.0 Å². The normalized spacial score (nSPS) is 13.1. The summed E-state index contributed by atoms with van der Waals surface area (Å²) in [5.41, 5.74) is 1.33. The van der Waals surface area contributed by atoms with Crippen molar-refractivity contribution >= 4 is 23.5 Å². The predicted octanol–water partition coefficient (Wildman–Crippen LogP) is 4.02. The Morgan fingerprint density at radius 1 is 1.22 bits per heavy atom. The van der Waals surface area contributed by atoms with E-state index in [-0.39, 0.29) is 5.78 Å². The molecule has 118 valence electrons. The van der Waals surface area contributed by atoms with Crippen LogP contribution in [0.1, 0.15) is 15.9 Å². The van der Waals surface area contributed by atoms with Crippen molar-refractivity contribution in [1.82, 2.24) is 0 Å². The molecular formula is C18H15ClO4. The van der Waals surface area contributed by atoms with Crippen molar-refractivity contribution in [3.05, 3.63) is 58.6 Å². The molecule has 0 atom stereocenters. The Morgan fingerprint density at radius 2 is 2.04 bits per heavy atom. The zero-order chi connectivity index (χ0) is 16.2. The van der Waals surface area contributed by atoms with Gasteiger partial charge in [0.15, 0.2) is 17.3 Å². The highest BCUT2D eigenvalue weighted by molar-refractivity contribution is 6.32. The summed E-state index contributed by atoms with van der Waals surface area (Å²) < 4.78 is 16.1. The van der Waals surface area contributed by atoms with Crippen molar-refractivity contribution in [1.29, 1.82) is 0 Å². The largest absolute Gasteiger partial charge is 0.497 e. The fourth-order valence-electron chi connectivity index (χ4n) is 2.27. The topological polar surface area (TPSA) is 44.8 Å². The number of rotatable bonds is 4. The summed E-state index contributed by atoms with van der Waals surface area (Å²) in [6.45, 7) is 0.968. The third-order valence-corrected chi connectivity index (χ3v) is 3.68. The van der Waals surface area contributed by atoms with E-state index in [0.29, 0.717) is 41.0 Å². The first-order chi connectivity index (χ1) is 11.2. The number of ether oxygens (including phenoxy) is 3. The summed E-state index contributed by atoms with van der Waals surface area (Å²) in [4.78, 5) is 12.2. The zero-order valence-electron chi connectivity index (χ0n) is 12.5. The van der Waals surface area contributed by atoms with Gasteiger partial charge in [-0.05, 0) is 35.9 Å². The van der Waals surface area contributed by atoms with E-state index in [1.54, 1.807) is 49.6 Å². The fraction of sp³-hybridized carbons (Fsp3) is 0.167. The van der Waals surface area contributed by atoms with Gasteiger partial charge in [0.1, 0.15) is 19.0 Å². The van der Waals surface area contributed by atoms with E-state index in [1.165, 1.54) is 6.08 Å². The molecular weight excluding hydrogens is 316 g/mol. The number of ketones is 1. The van der Waals surface area contributed by atoms with E-state index in [9.17, 15) is 4.79 Å². The van der Waals surface area contributed by atoms with Crippen LogP contribution < -0.4 is 14.2 Å². The van der Waals surface area contributed by atoms with Crippen molar-refractivity contribution in [2.45, 2.75) is 0 Å². The van der Waals surface area contributed by atoms with Crippen LogP contribution in [0.3, 0.4) is 0 Å². The molecule has 0 aliphatic carbocycles. The number of methoxy groups -OCH3 is 1. The van der Waals surface area contributed by atoms with Gasteiger partial charge in [0.05, 0.1) is 12.1 Å². The van der Waals surface area contributed by atoms with Crippen LogP contribution in [0.25, 0.3) is 6.08 Å². The second kappa shape index (κ2) is 6.75. The molecule has 0 amide bonds. The highest BCUT2D eigenvalue weighted by atomic mass is 35.5. The summed E-state index contributed by atoms with van der Waals surface area (Å²) in [5.74, 6) is 1.67. The van der Waals surface area contributed by atoms with Gasteiger partial charge in [0, 0.05) is 5.56 Å². The van der Waals surface area contributed by atoms with Crippen LogP contribution in [-0.4, -0.2) is 26.1 Å². The minimum Gasteiger partial charge on any atom is -0.497 e. The molecule has 0 radical (unpaired) electrons. The molecule has 0 bridgehead atoms. The summed E-state index contributed by atoms with van der Waals surface area (Å²) >= 11 is 6.18. The quantitative estimate of drug-likeness (QED) is 0.627. The monoisotopic (exact) mass is 330 g/mol. The summed E-state index contributed by atoms with van der Waals surface area (Å²) in [7, 11) is 1.57. The second-order valence-corrected chi connectivity index (χ2v) is 5.36. The predicted molar refractivity (Wildman–Crippen MR) is 88.8 cm³/mol. The summed E-state index contributed by atoms with van der Waals surface area (Å²) in [6.07, 6.45) is 3.20. The van der Waals surface area contributed by atoms with E-state index in [0.717, 1.165) is 5.56 Å². The Morgan fingerprint density at radius 3 is 2.87 bits per heavy atom. The van der Waals surface area contributed by atoms with Gasteiger partial charge < -0.3 is 14.2 Å².